The first kappa shape index (κ1) is 12.2. The van der Waals surface area contributed by atoms with Crippen LogP contribution in [0.3, 0.4) is 0 Å². The van der Waals surface area contributed by atoms with Gasteiger partial charge in [0.15, 0.2) is 0 Å². The summed E-state index contributed by atoms with van der Waals surface area (Å²) >= 11 is 0. The van der Waals surface area contributed by atoms with Gasteiger partial charge >= 0.3 is 16.1 Å². The summed E-state index contributed by atoms with van der Waals surface area (Å²) in [5, 5.41) is 0. The highest BCUT2D eigenvalue weighted by molar-refractivity contribution is 7.87. The minimum Gasteiger partial charge on any atom is -0.338 e. The van der Waals surface area contributed by atoms with Gasteiger partial charge in [0, 0.05) is 6.08 Å². The van der Waals surface area contributed by atoms with Crippen LogP contribution >= 0.6 is 0 Å². The molecular weight excluding hydrogens is 228 g/mol. The van der Waals surface area contributed by atoms with Gasteiger partial charge in [0.25, 0.3) is 0 Å². The molecule has 0 bridgehead atoms. The minimum atomic E-state index is -4.05. The van der Waals surface area contributed by atoms with Gasteiger partial charge in [0.1, 0.15) is 4.90 Å². The summed E-state index contributed by atoms with van der Waals surface area (Å²) in [7, 11) is -4.05. The van der Waals surface area contributed by atoms with Crippen LogP contribution in [-0.4, -0.2) is 14.4 Å². The summed E-state index contributed by atoms with van der Waals surface area (Å²) in [6.07, 6.45) is 2.36. The molecule has 0 aliphatic carbocycles. The number of rotatable bonds is 4. The molecule has 1 aromatic carbocycles. The third kappa shape index (κ3) is 2.80. The van der Waals surface area contributed by atoms with Gasteiger partial charge in [-0.15, -0.1) is 0 Å². The Labute approximate surface area is 94.0 Å². The smallest absolute Gasteiger partial charge is 0.338 e. The van der Waals surface area contributed by atoms with Gasteiger partial charge in [0.2, 0.25) is 0 Å². The van der Waals surface area contributed by atoms with E-state index in [2.05, 4.69) is 17.3 Å². The average Bonchev–Trinajstić information content (AvgIpc) is 2.28. The molecule has 84 valence electrons. The van der Waals surface area contributed by atoms with Gasteiger partial charge in [0.05, 0.1) is 0 Å². The van der Waals surface area contributed by atoms with Crippen molar-refractivity contribution in [2.75, 3.05) is 0 Å². The van der Waals surface area contributed by atoms with Gasteiger partial charge in [-0.2, -0.15) is 8.42 Å². The molecule has 0 saturated heterocycles. The molecule has 0 unspecified atom stereocenters. The van der Waals surface area contributed by atoms with E-state index in [0.29, 0.717) is 0 Å². The molecule has 16 heavy (non-hydrogen) atoms. The molecule has 0 fully saturated rings. The Hall–Kier alpha value is -1.88. The van der Waals surface area contributed by atoms with Crippen LogP contribution in [0, 0.1) is 0 Å². The summed E-state index contributed by atoms with van der Waals surface area (Å²) in [4.78, 5) is 10.7. The Kier molecular flexibility index (Phi) is 3.63. The van der Waals surface area contributed by atoms with Gasteiger partial charge < -0.3 is 4.18 Å². The van der Waals surface area contributed by atoms with Crippen LogP contribution in [0.1, 0.15) is 5.56 Å². The van der Waals surface area contributed by atoms with Crippen LogP contribution in [0.4, 0.5) is 0 Å². The molecule has 0 amide bonds. The van der Waals surface area contributed by atoms with Crippen molar-refractivity contribution in [3.63, 3.8) is 0 Å². The Morgan fingerprint density at radius 3 is 2.19 bits per heavy atom. The van der Waals surface area contributed by atoms with Crippen molar-refractivity contribution in [1.82, 2.24) is 0 Å². The van der Waals surface area contributed by atoms with Crippen molar-refractivity contribution < 1.29 is 17.4 Å². The van der Waals surface area contributed by atoms with Crippen LogP contribution in [-0.2, 0) is 19.1 Å². The van der Waals surface area contributed by atoms with Crippen LogP contribution < -0.4 is 0 Å². The maximum atomic E-state index is 11.5. The van der Waals surface area contributed by atoms with Crippen molar-refractivity contribution in [3.8, 4) is 0 Å². The minimum absolute atomic E-state index is 0.0895. The maximum Gasteiger partial charge on any atom is 0.346 e. The lowest BCUT2D eigenvalue weighted by Gasteiger charge is -2.03. The second kappa shape index (κ2) is 4.76. The lowest BCUT2D eigenvalue weighted by Crippen LogP contribution is -2.10. The lowest BCUT2D eigenvalue weighted by atomic mass is 10.2. The second-order valence-corrected chi connectivity index (χ2v) is 4.38. The normalized spacial score (nSPS) is 10.5. The summed E-state index contributed by atoms with van der Waals surface area (Å²) < 4.78 is 27.2. The molecule has 0 aliphatic rings. The molecular formula is C11H10O4S. The van der Waals surface area contributed by atoms with E-state index < -0.39 is 16.1 Å². The SMILES string of the molecule is C=CC(=O)OS(=O)(=O)c1ccc(C=C)cc1. The van der Waals surface area contributed by atoms with Crippen molar-refractivity contribution in [2.45, 2.75) is 4.90 Å². The van der Waals surface area contributed by atoms with E-state index in [0.717, 1.165) is 11.6 Å². The Balaban J connectivity index is 3.03. The molecule has 0 radical (unpaired) electrons. The van der Waals surface area contributed by atoms with Crippen LogP contribution in [0.15, 0.2) is 48.4 Å². The van der Waals surface area contributed by atoms with E-state index in [-0.39, 0.29) is 4.90 Å². The van der Waals surface area contributed by atoms with Crippen LogP contribution in [0.25, 0.3) is 6.08 Å². The molecule has 0 aliphatic heterocycles. The number of hydrogen-bond acceptors (Lipinski definition) is 4. The zero-order valence-electron chi connectivity index (χ0n) is 8.42. The number of hydrogen-bond donors (Lipinski definition) is 0. The van der Waals surface area contributed by atoms with E-state index in [4.69, 9.17) is 0 Å². The first-order chi connectivity index (χ1) is 7.49. The van der Waals surface area contributed by atoms with Gasteiger partial charge in [-0.25, -0.2) is 4.79 Å². The predicted octanol–water partition coefficient (Wildman–Crippen LogP) is 1.75. The molecule has 0 N–H and O–H groups in total. The van der Waals surface area contributed by atoms with E-state index in [1.165, 1.54) is 12.1 Å². The molecule has 1 rings (SSSR count). The number of benzene rings is 1. The fraction of sp³-hybridized carbons (Fsp3) is 0. The fourth-order valence-corrected chi connectivity index (χ4v) is 1.81. The summed E-state index contributed by atoms with van der Waals surface area (Å²) in [6.45, 7) is 6.65. The van der Waals surface area contributed by atoms with Gasteiger partial charge in [-0.05, 0) is 17.7 Å². The van der Waals surface area contributed by atoms with Crippen molar-refractivity contribution in [1.29, 1.82) is 0 Å². The van der Waals surface area contributed by atoms with E-state index in [1.807, 2.05) is 0 Å². The highest BCUT2D eigenvalue weighted by Crippen LogP contribution is 2.14. The predicted molar refractivity (Wildman–Crippen MR) is 60.0 cm³/mol. The third-order valence-corrected chi connectivity index (χ3v) is 3.00. The zero-order valence-corrected chi connectivity index (χ0v) is 9.24. The zero-order chi connectivity index (χ0) is 12.2. The molecule has 5 heteroatoms. The monoisotopic (exact) mass is 238 g/mol. The standard InChI is InChI=1S/C11H10O4S/c1-3-9-5-7-10(8-6-9)16(13,14)15-11(12)4-2/h3-8H,1-2H2. The number of carbonyl (C=O) groups is 1. The summed E-state index contributed by atoms with van der Waals surface area (Å²) in [5.74, 6) is -1.01. The molecule has 0 spiro atoms. The van der Waals surface area contributed by atoms with Gasteiger partial charge in [-0.1, -0.05) is 31.4 Å². The quantitative estimate of drug-likeness (QED) is 0.592. The average molecular weight is 238 g/mol. The van der Waals surface area contributed by atoms with Crippen molar-refractivity contribution in [2.24, 2.45) is 0 Å². The topological polar surface area (TPSA) is 60.4 Å². The van der Waals surface area contributed by atoms with E-state index in [9.17, 15) is 13.2 Å². The van der Waals surface area contributed by atoms with Gasteiger partial charge in [-0.3, -0.25) is 0 Å². The molecule has 0 saturated carbocycles. The van der Waals surface area contributed by atoms with E-state index >= 15 is 0 Å². The van der Waals surface area contributed by atoms with E-state index in [1.54, 1.807) is 18.2 Å². The maximum absolute atomic E-state index is 11.5. The Morgan fingerprint density at radius 2 is 1.75 bits per heavy atom. The summed E-state index contributed by atoms with van der Waals surface area (Å²) in [5.41, 5.74) is 0.772. The van der Waals surface area contributed by atoms with Crippen molar-refractivity contribution >= 4 is 22.2 Å². The first-order valence-electron chi connectivity index (χ1n) is 4.33. The first-order valence-corrected chi connectivity index (χ1v) is 5.74. The second-order valence-electron chi connectivity index (χ2n) is 2.83. The molecule has 1 aromatic rings. The molecule has 0 aromatic heterocycles. The van der Waals surface area contributed by atoms with Crippen molar-refractivity contribution in [3.05, 3.63) is 49.1 Å². The highest BCUT2D eigenvalue weighted by Gasteiger charge is 2.17. The third-order valence-electron chi connectivity index (χ3n) is 1.76. The largest absolute Gasteiger partial charge is 0.346 e. The molecule has 0 heterocycles. The van der Waals surface area contributed by atoms with Crippen LogP contribution in [0.2, 0.25) is 0 Å². The highest BCUT2D eigenvalue weighted by atomic mass is 32.2. The van der Waals surface area contributed by atoms with Crippen LogP contribution in [0.5, 0.6) is 0 Å². The summed E-state index contributed by atoms with van der Waals surface area (Å²) in [6, 6.07) is 5.79. The number of carbonyl (C=O) groups excluding carboxylic acids is 1. The molecule has 0 atom stereocenters. The Bertz CT molecular complexity index is 511. The Morgan fingerprint density at radius 1 is 1.19 bits per heavy atom. The fourth-order valence-electron chi connectivity index (χ4n) is 0.961. The lowest BCUT2D eigenvalue weighted by molar-refractivity contribution is -0.128. The molecule has 4 nitrogen and oxygen atoms in total.